The van der Waals surface area contributed by atoms with Gasteiger partial charge in [0.1, 0.15) is 5.54 Å². The van der Waals surface area contributed by atoms with Crippen LogP contribution in [0.15, 0.2) is 12.4 Å². The first-order chi connectivity index (χ1) is 6.83. The fraction of sp³-hybridized carbons (Fsp3) is 0.600. The fourth-order valence-electron chi connectivity index (χ4n) is 1.47. The predicted molar refractivity (Wildman–Crippen MR) is 56.5 cm³/mol. The summed E-state index contributed by atoms with van der Waals surface area (Å²) in [5.41, 5.74) is 5.51. The molecule has 84 valence electrons. The van der Waals surface area contributed by atoms with Crippen LogP contribution in [0.5, 0.6) is 0 Å². The van der Waals surface area contributed by atoms with E-state index in [0.717, 1.165) is 5.56 Å². The molecule has 2 atom stereocenters. The molecular weight excluding hydrogens is 194 g/mol. The molecule has 15 heavy (non-hydrogen) atoms. The Morgan fingerprint density at radius 3 is 2.80 bits per heavy atom. The van der Waals surface area contributed by atoms with E-state index in [1.165, 1.54) is 6.92 Å². The maximum atomic E-state index is 10.8. The van der Waals surface area contributed by atoms with Gasteiger partial charge in [-0.05, 0) is 32.8 Å². The lowest BCUT2D eigenvalue weighted by molar-refractivity contribution is -0.143. The molecule has 0 aliphatic heterocycles. The highest BCUT2D eigenvalue weighted by molar-refractivity contribution is 5.77. The molecule has 5 nitrogen and oxygen atoms in total. The summed E-state index contributed by atoms with van der Waals surface area (Å²) in [6.45, 7) is 5.36. The highest BCUT2D eigenvalue weighted by Gasteiger charge is 2.30. The van der Waals surface area contributed by atoms with Crippen molar-refractivity contribution < 1.29 is 9.90 Å². The average molecular weight is 211 g/mol. The molecule has 1 rings (SSSR count). The van der Waals surface area contributed by atoms with Crippen LogP contribution in [0.4, 0.5) is 0 Å². The largest absolute Gasteiger partial charge is 0.480 e. The van der Waals surface area contributed by atoms with E-state index in [9.17, 15) is 4.79 Å². The molecular formula is C10H17N3O2. The van der Waals surface area contributed by atoms with Crippen molar-refractivity contribution in [1.82, 2.24) is 9.78 Å². The molecule has 1 aromatic heterocycles. The lowest BCUT2D eigenvalue weighted by Crippen LogP contribution is -2.46. The Balaban J connectivity index is 2.71. The van der Waals surface area contributed by atoms with E-state index in [-0.39, 0.29) is 6.04 Å². The number of rotatable bonds is 4. The highest BCUT2D eigenvalue weighted by Crippen LogP contribution is 2.18. The SMILES string of the molecule is Cc1cnn(C(C)CC(C)(N)C(=O)O)c1. The summed E-state index contributed by atoms with van der Waals surface area (Å²) in [5, 5.41) is 13.0. The number of aliphatic carboxylic acids is 1. The van der Waals surface area contributed by atoms with Gasteiger partial charge in [-0.15, -0.1) is 0 Å². The Hall–Kier alpha value is -1.36. The van der Waals surface area contributed by atoms with Gasteiger partial charge in [0.25, 0.3) is 0 Å². The molecule has 1 heterocycles. The van der Waals surface area contributed by atoms with Gasteiger partial charge in [-0.25, -0.2) is 0 Å². The molecule has 0 spiro atoms. The first-order valence-electron chi connectivity index (χ1n) is 4.86. The van der Waals surface area contributed by atoms with Gasteiger partial charge in [0, 0.05) is 6.20 Å². The Morgan fingerprint density at radius 1 is 1.80 bits per heavy atom. The lowest BCUT2D eigenvalue weighted by Gasteiger charge is -2.23. The number of carbonyl (C=O) groups is 1. The van der Waals surface area contributed by atoms with E-state index in [1.54, 1.807) is 10.9 Å². The minimum absolute atomic E-state index is 0.0233. The summed E-state index contributed by atoms with van der Waals surface area (Å²) in [5.74, 6) is -0.988. The van der Waals surface area contributed by atoms with E-state index in [2.05, 4.69) is 5.10 Å². The minimum Gasteiger partial charge on any atom is -0.480 e. The van der Waals surface area contributed by atoms with Crippen LogP contribution >= 0.6 is 0 Å². The van der Waals surface area contributed by atoms with Gasteiger partial charge >= 0.3 is 5.97 Å². The number of aryl methyl sites for hydroxylation is 1. The zero-order valence-electron chi connectivity index (χ0n) is 9.27. The van der Waals surface area contributed by atoms with Crippen LogP contribution in [-0.4, -0.2) is 26.4 Å². The monoisotopic (exact) mass is 211 g/mol. The van der Waals surface area contributed by atoms with Gasteiger partial charge in [0.05, 0.1) is 12.2 Å². The van der Waals surface area contributed by atoms with Gasteiger partial charge in [0.15, 0.2) is 0 Å². The summed E-state index contributed by atoms with van der Waals surface area (Å²) >= 11 is 0. The van der Waals surface area contributed by atoms with E-state index in [4.69, 9.17) is 10.8 Å². The Kier molecular flexibility index (Phi) is 3.14. The third-order valence-corrected chi connectivity index (χ3v) is 2.39. The first-order valence-corrected chi connectivity index (χ1v) is 4.86. The van der Waals surface area contributed by atoms with E-state index in [1.807, 2.05) is 20.0 Å². The van der Waals surface area contributed by atoms with Crippen molar-refractivity contribution in [3.63, 3.8) is 0 Å². The number of hydrogen-bond donors (Lipinski definition) is 2. The van der Waals surface area contributed by atoms with Gasteiger partial charge in [-0.1, -0.05) is 0 Å². The summed E-state index contributed by atoms with van der Waals surface area (Å²) in [7, 11) is 0. The molecule has 0 saturated heterocycles. The molecule has 5 heteroatoms. The average Bonchev–Trinajstić information content (AvgIpc) is 2.50. The van der Waals surface area contributed by atoms with Crippen LogP contribution in [-0.2, 0) is 4.79 Å². The summed E-state index contributed by atoms with van der Waals surface area (Å²) < 4.78 is 1.74. The minimum atomic E-state index is -1.21. The topological polar surface area (TPSA) is 81.1 Å². The van der Waals surface area contributed by atoms with Gasteiger partial charge in [-0.3, -0.25) is 9.48 Å². The number of carboxylic acids is 1. The summed E-state index contributed by atoms with van der Waals surface area (Å²) in [4.78, 5) is 10.8. The van der Waals surface area contributed by atoms with E-state index >= 15 is 0 Å². The Bertz CT molecular complexity index is 357. The molecule has 0 fully saturated rings. The van der Waals surface area contributed by atoms with Crippen molar-refractivity contribution in [2.45, 2.75) is 38.8 Å². The second-order valence-electron chi connectivity index (χ2n) is 4.27. The van der Waals surface area contributed by atoms with Crippen LogP contribution < -0.4 is 5.73 Å². The molecule has 2 unspecified atom stereocenters. The van der Waals surface area contributed by atoms with Gasteiger partial charge in [0.2, 0.25) is 0 Å². The quantitative estimate of drug-likeness (QED) is 0.776. The van der Waals surface area contributed by atoms with Crippen molar-refractivity contribution in [3.8, 4) is 0 Å². The number of nitrogens with zero attached hydrogens (tertiary/aromatic N) is 2. The van der Waals surface area contributed by atoms with Crippen molar-refractivity contribution in [2.24, 2.45) is 5.73 Å². The van der Waals surface area contributed by atoms with Crippen LogP contribution in [0, 0.1) is 6.92 Å². The van der Waals surface area contributed by atoms with E-state index < -0.39 is 11.5 Å². The van der Waals surface area contributed by atoms with Crippen molar-refractivity contribution in [3.05, 3.63) is 18.0 Å². The maximum absolute atomic E-state index is 10.8. The lowest BCUT2D eigenvalue weighted by atomic mass is 9.95. The van der Waals surface area contributed by atoms with Gasteiger partial charge < -0.3 is 10.8 Å². The second kappa shape index (κ2) is 4.02. The van der Waals surface area contributed by atoms with Crippen LogP contribution in [0.1, 0.15) is 31.9 Å². The molecule has 0 amide bonds. The summed E-state index contributed by atoms with van der Waals surface area (Å²) in [6, 6.07) is -0.0233. The molecule has 0 bridgehead atoms. The molecule has 0 radical (unpaired) electrons. The second-order valence-corrected chi connectivity index (χ2v) is 4.27. The Morgan fingerprint density at radius 2 is 2.40 bits per heavy atom. The number of aromatic nitrogens is 2. The van der Waals surface area contributed by atoms with Crippen LogP contribution in [0.3, 0.4) is 0 Å². The fourth-order valence-corrected chi connectivity index (χ4v) is 1.47. The van der Waals surface area contributed by atoms with Crippen molar-refractivity contribution in [1.29, 1.82) is 0 Å². The predicted octanol–water partition coefficient (Wildman–Crippen LogP) is 0.945. The molecule has 1 aromatic rings. The van der Waals surface area contributed by atoms with Crippen molar-refractivity contribution in [2.75, 3.05) is 0 Å². The van der Waals surface area contributed by atoms with Crippen LogP contribution in [0.2, 0.25) is 0 Å². The standard InChI is InChI=1S/C10H17N3O2/c1-7-5-12-13(6-7)8(2)4-10(3,11)9(14)15/h5-6,8H,4,11H2,1-3H3,(H,14,15). The van der Waals surface area contributed by atoms with E-state index in [0.29, 0.717) is 6.42 Å². The zero-order valence-corrected chi connectivity index (χ0v) is 9.27. The molecule has 0 aromatic carbocycles. The third kappa shape index (κ3) is 2.79. The first kappa shape index (κ1) is 11.7. The molecule has 3 N–H and O–H groups in total. The number of nitrogens with two attached hydrogens (primary N) is 1. The normalized spacial score (nSPS) is 17.1. The van der Waals surface area contributed by atoms with Crippen LogP contribution in [0.25, 0.3) is 0 Å². The number of hydrogen-bond acceptors (Lipinski definition) is 3. The third-order valence-electron chi connectivity index (χ3n) is 2.39. The smallest absolute Gasteiger partial charge is 0.323 e. The molecule has 0 saturated carbocycles. The Labute approximate surface area is 88.9 Å². The zero-order chi connectivity index (χ0) is 11.6. The molecule has 0 aliphatic rings. The van der Waals surface area contributed by atoms with Crippen molar-refractivity contribution >= 4 is 5.97 Å². The van der Waals surface area contributed by atoms with Gasteiger partial charge in [-0.2, -0.15) is 5.10 Å². The maximum Gasteiger partial charge on any atom is 0.323 e. The molecule has 0 aliphatic carbocycles. The summed E-state index contributed by atoms with van der Waals surface area (Å²) in [6.07, 6.45) is 3.97. The highest BCUT2D eigenvalue weighted by atomic mass is 16.4. The number of carboxylic acid groups (broad SMARTS) is 1.